The molecule has 3 atom stereocenters. The summed E-state index contributed by atoms with van der Waals surface area (Å²) in [6, 6.07) is 2.96. The van der Waals surface area contributed by atoms with Gasteiger partial charge < -0.3 is 11.1 Å². The van der Waals surface area contributed by atoms with Crippen LogP contribution in [0.5, 0.6) is 0 Å². The van der Waals surface area contributed by atoms with Crippen molar-refractivity contribution in [2.75, 3.05) is 6.54 Å². The number of rotatable bonds is 4. The lowest BCUT2D eigenvalue weighted by Crippen LogP contribution is -2.35. The molecule has 0 spiro atoms. The van der Waals surface area contributed by atoms with Gasteiger partial charge in [-0.3, -0.25) is 0 Å². The Bertz CT molecular complexity index is 487. The van der Waals surface area contributed by atoms with Gasteiger partial charge in [0.1, 0.15) is 5.82 Å². The first-order valence-corrected chi connectivity index (χ1v) is 7.14. The van der Waals surface area contributed by atoms with Gasteiger partial charge in [0.2, 0.25) is 0 Å². The molecule has 21 heavy (non-hydrogen) atoms. The van der Waals surface area contributed by atoms with Crippen molar-refractivity contribution in [2.24, 2.45) is 11.7 Å². The predicted molar refractivity (Wildman–Crippen MR) is 73.1 cm³/mol. The number of hydrogen-bond donors (Lipinski definition) is 2. The number of alkyl halides is 3. The van der Waals surface area contributed by atoms with Crippen LogP contribution in [-0.2, 0) is 6.18 Å². The normalized spacial score (nSPS) is 24.3. The van der Waals surface area contributed by atoms with E-state index in [0.29, 0.717) is 11.5 Å². The molecule has 3 unspecified atom stereocenters. The Morgan fingerprint density at radius 2 is 2.05 bits per heavy atom. The summed E-state index contributed by atoms with van der Waals surface area (Å²) in [6.45, 7) is 2.33. The third-order valence-corrected chi connectivity index (χ3v) is 4.07. The summed E-state index contributed by atoms with van der Waals surface area (Å²) in [5.41, 5.74) is 4.82. The summed E-state index contributed by atoms with van der Waals surface area (Å²) in [4.78, 5) is 0. The van der Waals surface area contributed by atoms with Gasteiger partial charge in [-0.1, -0.05) is 13.0 Å². The van der Waals surface area contributed by atoms with Gasteiger partial charge in [-0.15, -0.1) is 0 Å². The molecule has 2 nitrogen and oxygen atoms in total. The van der Waals surface area contributed by atoms with Crippen molar-refractivity contribution >= 4 is 0 Å². The van der Waals surface area contributed by atoms with Gasteiger partial charge in [0.15, 0.2) is 0 Å². The molecule has 1 aromatic rings. The second kappa shape index (κ2) is 6.32. The first-order chi connectivity index (χ1) is 9.81. The molecule has 1 saturated carbocycles. The van der Waals surface area contributed by atoms with Crippen molar-refractivity contribution in [3.05, 3.63) is 35.1 Å². The zero-order valence-electron chi connectivity index (χ0n) is 11.9. The number of nitrogens with two attached hydrogens (primary N) is 1. The average molecular weight is 304 g/mol. The van der Waals surface area contributed by atoms with Crippen LogP contribution in [-0.4, -0.2) is 12.6 Å². The zero-order chi connectivity index (χ0) is 15.6. The maximum absolute atomic E-state index is 13.3. The van der Waals surface area contributed by atoms with Crippen molar-refractivity contribution in [1.29, 1.82) is 0 Å². The van der Waals surface area contributed by atoms with E-state index in [2.05, 4.69) is 12.2 Å². The van der Waals surface area contributed by atoms with Gasteiger partial charge in [0.05, 0.1) is 5.56 Å². The van der Waals surface area contributed by atoms with Crippen molar-refractivity contribution < 1.29 is 17.6 Å². The SMILES string of the molecule is CC1CCC(NC(CN)c2ccc(F)c(C(F)(F)F)c2)C1. The molecule has 0 amide bonds. The standard InChI is InChI=1S/C15H20F4N2/c1-9-2-4-11(6-9)21-14(8-20)10-3-5-13(16)12(7-10)15(17,18)19/h3,5,7,9,11,14,21H,2,4,6,8,20H2,1H3. The van der Waals surface area contributed by atoms with E-state index in [1.165, 1.54) is 6.07 Å². The first kappa shape index (κ1) is 16.2. The predicted octanol–water partition coefficient (Wildman–Crippen LogP) is 3.62. The molecule has 6 heteroatoms. The van der Waals surface area contributed by atoms with Gasteiger partial charge >= 0.3 is 6.18 Å². The maximum Gasteiger partial charge on any atom is 0.419 e. The highest BCUT2D eigenvalue weighted by Crippen LogP contribution is 2.33. The highest BCUT2D eigenvalue weighted by molar-refractivity contribution is 5.29. The number of nitrogens with one attached hydrogen (secondary N) is 1. The lowest BCUT2D eigenvalue weighted by atomic mass is 10.0. The Morgan fingerprint density at radius 1 is 1.33 bits per heavy atom. The maximum atomic E-state index is 13.3. The van der Waals surface area contributed by atoms with E-state index < -0.39 is 17.6 Å². The summed E-state index contributed by atoms with van der Waals surface area (Å²) in [6.07, 6.45) is -1.61. The van der Waals surface area contributed by atoms with E-state index in [-0.39, 0.29) is 18.6 Å². The van der Waals surface area contributed by atoms with E-state index in [1.54, 1.807) is 0 Å². The summed E-state index contributed by atoms with van der Waals surface area (Å²) in [7, 11) is 0. The number of halogens is 4. The molecule has 0 aromatic heterocycles. The highest BCUT2D eigenvalue weighted by Gasteiger charge is 2.35. The van der Waals surface area contributed by atoms with Crippen molar-refractivity contribution in [3.8, 4) is 0 Å². The number of hydrogen-bond acceptors (Lipinski definition) is 2. The molecular formula is C15H20F4N2. The molecule has 0 aliphatic heterocycles. The second-order valence-corrected chi connectivity index (χ2v) is 5.81. The fraction of sp³-hybridized carbons (Fsp3) is 0.600. The van der Waals surface area contributed by atoms with Crippen LogP contribution in [0.25, 0.3) is 0 Å². The van der Waals surface area contributed by atoms with Crippen LogP contribution in [0.2, 0.25) is 0 Å². The van der Waals surface area contributed by atoms with Crippen LogP contribution in [0.4, 0.5) is 17.6 Å². The van der Waals surface area contributed by atoms with Crippen molar-refractivity contribution in [2.45, 2.75) is 44.4 Å². The van der Waals surface area contributed by atoms with Gasteiger partial charge in [-0.05, 0) is 42.9 Å². The topological polar surface area (TPSA) is 38.0 Å². The Morgan fingerprint density at radius 3 is 2.57 bits per heavy atom. The zero-order valence-corrected chi connectivity index (χ0v) is 11.9. The van der Waals surface area contributed by atoms with Crippen LogP contribution in [0.3, 0.4) is 0 Å². The Balaban J connectivity index is 2.18. The molecule has 0 saturated heterocycles. The van der Waals surface area contributed by atoms with Crippen LogP contribution < -0.4 is 11.1 Å². The quantitative estimate of drug-likeness (QED) is 0.834. The van der Waals surface area contributed by atoms with Gasteiger partial charge in [-0.25, -0.2) is 4.39 Å². The largest absolute Gasteiger partial charge is 0.419 e. The summed E-state index contributed by atoms with van der Waals surface area (Å²) < 4.78 is 51.6. The first-order valence-electron chi connectivity index (χ1n) is 7.14. The number of benzene rings is 1. The van der Waals surface area contributed by atoms with E-state index in [9.17, 15) is 17.6 Å². The van der Waals surface area contributed by atoms with E-state index in [4.69, 9.17) is 5.73 Å². The third-order valence-electron chi connectivity index (χ3n) is 4.07. The fourth-order valence-electron chi connectivity index (χ4n) is 2.92. The molecule has 1 aromatic carbocycles. The third kappa shape index (κ3) is 3.95. The average Bonchev–Trinajstić information content (AvgIpc) is 2.81. The minimum Gasteiger partial charge on any atom is -0.329 e. The smallest absolute Gasteiger partial charge is 0.329 e. The Hall–Kier alpha value is -1.14. The van der Waals surface area contributed by atoms with E-state index in [1.807, 2.05) is 0 Å². The summed E-state index contributed by atoms with van der Waals surface area (Å²) >= 11 is 0. The van der Waals surface area contributed by atoms with Gasteiger partial charge in [-0.2, -0.15) is 13.2 Å². The Labute approximate surface area is 121 Å². The highest BCUT2D eigenvalue weighted by atomic mass is 19.4. The van der Waals surface area contributed by atoms with Crippen LogP contribution in [0.1, 0.15) is 43.4 Å². The molecule has 0 bridgehead atoms. The lowest BCUT2D eigenvalue weighted by molar-refractivity contribution is -0.140. The van der Waals surface area contributed by atoms with Crippen LogP contribution in [0, 0.1) is 11.7 Å². The molecule has 3 N–H and O–H groups in total. The molecular weight excluding hydrogens is 284 g/mol. The van der Waals surface area contributed by atoms with Crippen molar-refractivity contribution in [1.82, 2.24) is 5.32 Å². The minimum absolute atomic E-state index is 0.174. The van der Waals surface area contributed by atoms with Crippen molar-refractivity contribution in [3.63, 3.8) is 0 Å². The molecule has 118 valence electrons. The minimum atomic E-state index is -4.69. The lowest BCUT2D eigenvalue weighted by Gasteiger charge is -2.23. The molecule has 1 aliphatic rings. The monoisotopic (exact) mass is 304 g/mol. The van der Waals surface area contributed by atoms with Crippen LogP contribution in [0.15, 0.2) is 18.2 Å². The second-order valence-electron chi connectivity index (χ2n) is 5.81. The van der Waals surface area contributed by atoms with E-state index >= 15 is 0 Å². The van der Waals surface area contributed by atoms with Gasteiger partial charge in [0, 0.05) is 18.6 Å². The molecule has 0 radical (unpaired) electrons. The molecule has 1 fully saturated rings. The molecule has 2 rings (SSSR count). The summed E-state index contributed by atoms with van der Waals surface area (Å²) in [5.74, 6) is -0.642. The fourth-order valence-corrected chi connectivity index (χ4v) is 2.92. The summed E-state index contributed by atoms with van der Waals surface area (Å²) in [5, 5.41) is 3.30. The molecule has 1 aliphatic carbocycles. The Kier molecular flexibility index (Phi) is 4.88. The van der Waals surface area contributed by atoms with Gasteiger partial charge in [0.25, 0.3) is 0 Å². The van der Waals surface area contributed by atoms with E-state index in [0.717, 1.165) is 31.4 Å². The van der Waals surface area contributed by atoms with Crippen LogP contribution >= 0.6 is 0 Å². The molecule has 0 heterocycles.